The Hall–Kier alpha value is -1.11. The Labute approximate surface area is 129 Å². The number of halogens is 1. The highest BCUT2D eigenvalue weighted by atomic mass is 35.5. The monoisotopic (exact) mass is 309 g/mol. The summed E-state index contributed by atoms with van der Waals surface area (Å²) in [5.41, 5.74) is 1.38. The number of hydrogen-bond donors (Lipinski definition) is 1. The van der Waals surface area contributed by atoms with Crippen LogP contribution in [0.2, 0.25) is 5.02 Å². The summed E-state index contributed by atoms with van der Waals surface area (Å²) < 4.78 is 1.90. The fraction of sp³-hybridized carbons (Fsp3) is 0.714. The maximum Gasteiger partial charge on any atom is 0.276 e. The fourth-order valence-corrected chi connectivity index (χ4v) is 3.99. The number of fused-ring (bicyclic) bond motifs is 2. The molecule has 7 heteroatoms. The largest absolute Gasteiger partial charge is 0.331 e. The molecule has 0 radical (unpaired) electrons. The van der Waals surface area contributed by atoms with E-state index in [1.165, 1.54) is 0 Å². The standard InChI is InChI=1S/C14H20ClN5O/c1-18-6-3-9-11(18)8-19(9)14(21)13-12(15)10-7-16-4-2-5-20(10)17-13/h9,11,16H,2-8H2,1H3. The number of carbonyl (C=O) groups excluding carboxylic acids is 1. The first kappa shape index (κ1) is 13.5. The Morgan fingerprint density at radius 3 is 3.05 bits per heavy atom. The molecule has 3 aliphatic rings. The highest BCUT2D eigenvalue weighted by molar-refractivity contribution is 6.34. The summed E-state index contributed by atoms with van der Waals surface area (Å²) >= 11 is 6.43. The first-order chi connectivity index (χ1) is 10.2. The Morgan fingerprint density at radius 2 is 2.24 bits per heavy atom. The number of rotatable bonds is 1. The molecule has 2 atom stereocenters. The molecular formula is C14H20ClN5O. The minimum Gasteiger partial charge on any atom is -0.331 e. The van der Waals surface area contributed by atoms with Gasteiger partial charge in [0.15, 0.2) is 5.69 Å². The summed E-state index contributed by atoms with van der Waals surface area (Å²) in [6.45, 7) is 4.34. The van der Waals surface area contributed by atoms with Crippen molar-refractivity contribution in [2.24, 2.45) is 0 Å². The molecule has 0 aromatic carbocycles. The van der Waals surface area contributed by atoms with Crippen molar-refractivity contribution < 1.29 is 4.79 Å². The van der Waals surface area contributed by atoms with Crippen LogP contribution in [0.1, 0.15) is 29.0 Å². The van der Waals surface area contributed by atoms with Gasteiger partial charge >= 0.3 is 0 Å². The van der Waals surface area contributed by atoms with Crippen LogP contribution in [0.25, 0.3) is 0 Å². The van der Waals surface area contributed by atoms with Crippen LogP contribution in [-0.4, -0.2) is 64.3 Å². The normalized spacial score (nSPS) is 28.8. The summed E-state index contributed by atoms with van der Waals surface area (Å²) in [6.07, 6.45) is 2.07. The van der Waals surface area contributed by atoms with Crippen molar-refractivity contribution in [2.45, 2.75) is 38.0 Å². The number of amides is 1. The van der Waals surface area contributed by atoms with Gasteiger partial charge in [0.05, 0.1) is 16.8 Å². The van der Waals surface area contributed by atoms with Crippen LogP contribution in [-0.2, 0) is 13.1 Å². The van der Waals surface area contributed by atoms with E-state index in [0.29, 0.717) is 29.3 Å². The Bertz CT molecular complexity index is 586. The van der Waals surface area contributed by atoms with E-state index in [4.69, 9.17) is 11.6 Å². The van der Waals surface area contributed by atoms with Gasteiger partial charge in [-0.2, -0.15) is 5.10 Å². The minimum atomic E-state index is -0.00266. The summed E-state index contributed by atoms with van der Waals surface area (Å²) in [4.78, 5) is 17.0. The second-order valence-electron chi connectivity index (χ2n) is 6.22. The molecular weight excluding hydrogens is 290 g/mol. The minimum absolute atomic E-state index is 0.00266. The first-order valence-electron chi connectivity index (χ1n) is 7.64. The third kappa shape index (κ3) is 2.00. The summed E-state index contributed by atoms with van der Waals surface area (Å²) in [5, 5.41) is 8.34. The highest BCUT2D eigenvalue weighted by Crippen LogP contribution is 2.34. The van der Waals surface area contributed by atoms with Crippen molar-refractivity contribution in [1.82, 2.24) is 24.9 Å². The number of aryl methyl sites for hydroxylation is 1. The zero-order valence-corrected chi connectivity index (χ0v) is 12.9. The SMILES string of the molecule is CN1CCC2C1CN2C(=O)c1nn2c(c1Cl)CNCCC2. The average Bonchev–Trinajstić information content (AvgIpc) is 2.79. The van der Waals surface area contributed by atoms with E-state index in [2.05, 4.69) is 22.4 Å². The summed E-state index contributed by atoms with van der Waals surface area (Å²) in [5.74, 6) is -0.00266. The third-order valence-corrected chi connectivity index (χ3v) is 5.44. The number of aromatic nitrogens is 2. The molecule has 1 aromatic heterocycles. The number of nitrogens with one attached hydrogen (secondary N) is 1. The molecule has 21 heavy (non-hydrogen) atoms. The molecule has 0 aliphatic carbocycles. The zero-order valence-electron chi connectivity index (χ0n) is 12.2. The molecule has 2 unspecified atom stereocenters. The van der Waals surface area contributed by atoms with Gasteiger partial charge in [-0.05, 0) is 26.4 Å². The van der Waals surface area contributed by atoms with Crippen LogP contribution in [0.15, 0.2) is 0 Å². The molecule has 1 amide bonds. The van der Waals surface area contributed by atoms with Crippen LogP contribution in [0.3, 0.4) is 0 Å². The van der Waals surface area contributed by atoms with Gasteiger partial charge in [0.25, 0.3) is 5.91 Å². The third-order valence-electron chi connectivity index (χ3n) is 5.04. The van der Waals surface area contributed by atoms with Crippen molar-refractivity contribution in [3.05, 3.63) is 16.4 Å². The molecule has 3 aliphatic heterocycles. The van der Waals surface area contributed by atoms with E-state index in [0.717, 1.165) is 44.7 Å². The second-order valence-corrected chi connectivity index (χ2v) is 6.60. The van der Waals surface area contributed by atoms with Gasteiger partial charge in [-0.15, -0.1) is 0 Å². The van der Waals surface area contributed by atoms with Gasteiger partial charge in [-0.3, -0.25) is 14.4 Å². The molecule has 1 N–H and O–H groups in total. The zero-order chi connectivity index (χ0) is 14.6. The Morgan fingerprint density at radius 1 is 1.38 bits per heavy atom. The maximum atomic E-state index is 12.7. The first-order valence-corrected chi connectivity index (χ1v) is 8.01. The fourth-order valence-electron chi connectivity index (χ4n) is 3.71. The van der Waals surface area contributed by atoms with Gasteiger partial charge in [0.1, 0.15) is 0 Å². The lowest BCUT2D eigenvalue weighted by atomic mass is 9.96. The lowest BCUT2D eigenvalue weighted by Gasteiger charge is -2.45. The molecule has 2 saturated heterocycles. The smallest absolute Gasteiger partial charge is 0.276 e. The maximum absolute atomic E-state index is 12.7. The van der Waals surface area contributed by atoms with Crippen molar-refractivity contribution >= 4 is 17.5 Å². The van der Waals surface area contributed by atoms with E-state index in [1.54, 1.807) is 0 Å². The van der Waals surface area contributed by atoms with Crippen molar-refractivity contribution in [3.8, 4) is 0 Å². The lowest BCUT2D eigenvalue weighted by Crippen LogP contribution is -2.63. The van der Waals surface area contributed by atoms with Crippen molar-refractivity contribution in [2.75, 3.05) is 26.7 Å². The lowest BCUT2D eigenvalue weighted by molar-refractivity contribution is 0.0238. The van der Waals surface area contributed by atoms with Gasteiger partial charge in [-0.25, -0.2) is 0 Å². The van der Waals surface area contributed by atoms with E-state index >= 15 is 0 Å². The molecule has 0 saturated carbocycles. The van der Waals surface area contributed by atoms with E-state index in [-0.39, 0.29) is 5.91 Å². The summed E-state index contributed by atoms with van der Waals surface area (Å²) in [7, 11) is 2.13. The highest BCUT2D eigenvalue weighted by Gasteiger charge is 2.48. The van der Waals surface area contributed by atoms with Crippen molar-refractivity contribution in [1.29, 1.82) is 0 Å². The molecule has 4 heterocycles. The Kier molecular flexibility index (Phi) is 3.20. The molecule has 114 valence electrons. The van der Waals surface area contributed by atoms with Gasteiger partial charge in [0, 0.05) is 32.2 Å². The van der Waals surface area contributed by atoms with Gasteiger partial charge in [-0.1, -0.05) is 11.6 Å². The van der Waals surface area contributed by atoms with Crippen LogP contribution >= 0.6 is 11.6 Å². The molecule has 6 nitrogen and oxygen atoms in total. The molecule has 1 aromatic rings. The van der Waals surface area contributed by atoms with E-state index in [9.17, 15) is 4.79 Å². The summed E-state index contributed by atoms with van der Waals surface area (Å²) in [6, 6.07) is 0.869. The number of likely N-dealkylation sites (tertiary alicyclic amines) is 2. The van der Waals surface area contributed by atoms with Crippen LogP contribution in [0.4, 0.5) is 0 Å². The molecule has 2 fully saturated rings. The van der Waals surface area contributed by atoms with Crippen LogP contribution in [0.5, 0.6) is 0 Å². The average molecular weight is 310 g/mol. The molecule has 0 bridgehead atoms. The van der Waals surface area contributed by atoms with Crippen LogP contribution < -0.4 is 5.32 Å². The predicted octanol–water partition coefficient (Wildman–Crippen LogP) is 0.558. The second kappa shape index (κ2) is 4.97. The number of hydrogen-bond acceptors (Lipinski definition) is 4. The van der Waals surface area contributed by atoms with Crippen molar-refractivity contribution in [3.63, 3.8) is 0 Å². The molecule has 4 rings (SSSR count). The number of nitrogens with zero attached hydrogens (tertiary/aromatic N) is 4. The molecule has 0 spiro atoms. The number of carbonyl (C=O) groups is 1. The Balaban J connectivity index is 1.58. The van der Waals surface area contributed by atoms with Gasteiger partial charge in [0.2, 0.25) is 0 Å². The van der Waals surface area contributed by atoms with E-state index < -0.39 is 0 Å². The predicted molar refractivity (Wildman–Crippen MR) is 79.4 cm³/mol. The van der Waals surface area contributed by atoms with Gasteiger partial charge < -0.3 is 10.2 Å². The van der Waals surface area contributed by atoms with E-state index in [1.807, 2.05) is 9.58 Å². The van der Waals surface area contributed by atoms with Crippen LogP contribution in [0, 0.1) is 0 Å². The number of likely N-dealkylation sites (N-methyl/N-ethyl adjacent to an activating group) is 1. The quantitative estimate of drug-likeness (QED) is 0.823. The topological polar surface area (TPSA) is 53.4 Å².